The summed E-state index contributed by atoms with van der Waals surface area (Å²) in [5, 5.41) is 6.46. The van der Waals surface area contributed by atoms with Crippen LogP contribution in [0.25, 0.3) is 5.69 Å². The van der Waals surface area contributed by atoms with E-state index in [2.05, 4.69) is 10.2 Å². The van der Waals surface area contributed by atoms with Gasteiger partial charge in [-0.15, -0.1) is 22.0 Å². The summed E-state index contributed by atoms with van der Waals surface area (Å²) >= 11 is 7.57. The van der Waals surface area contributed by atoms with Gasteiger partial charge in [0.2, 0.25) is 5.82 Å². The van der Waals surface area contributed by atoms with Gasteiger partial charge < -0.3 is 9.47 Å². The minimum Gasteiger partial charge on any atom is -0.497 e. The molecule has 0 saturated carbocycles. The monoisotopic (exact) mass is 511 g/mol. The van der Waals surface area contributed by atoms with Gasteiger partial charge in [-0.25, -0.2) is 0 Å². The van der Waals surface area contributed by atoms with Crippen molar-refractivity contribution in [2.45, 2.75) is 43.0 Å². The van der Waals surface area contributed by atoms with Crippen LogP contribution in [0.3, 0.4) is 0 Å². The van der Waals surface area contributed by atoms with E-state index in [9.17, 15) is 18.0 Å². The van der Waals surface area contributed by atoms with Crippen LogP contribution in [0.1, 0.15) is 53.5 Å². The van der Waals surface area contributed by atoms with Gasteiger partial charge in [0.05, 0.1) is 35.8 Å². The molecule has 0 amide bonds. The first-order valence-electron chi connectivity index (χ1n) is 10.4. The molecule has 0 saturated heterocycles. The van der Waals surface area contributed by atoms with Crippen molar-refractivity contribution in [1.82, 2.24) is 14.8 Å². The molecule has 2 unspecified atom stereocenters. The number of esters is 1. The summed E-state index contributed by atoms with van der Waals surface area (Å²) in [7, 11) is 1.53. The van der Waals surface area contributed by atoms with Crippen LogP contribution in [0, 0.1) is 0 Å². The van der Waals surface area contributed by atoms with Crippen molar-refractivity contribution < 1.29 is 27.4 Å². The fraction of sp³-hybridized carbons (Fsp3) is 0.348. The van der Waals surface area contributed by atoms with Crippen LogP contribution in [-0.4, -0.2) is 33.9 Å². The molecule has 0 spiro atoms. The third-order valence-electron chi connectivity index (χ3n) is 5.16. The van der Waals surface area contributed by atoms with E-state index in [1.807, 2.05) is 12.1 Å². The third-order valence-corrected chi connectivity index (χ3v) is 6.90. The molecule has 0 aliphatic carbocycles. The molecule has 1 aromatic heterocycles. The number of aromatic nitrogens is 3. The smallest absolute Gasteiger partial charge is 0.452 e. The molecular formula is C23H21ClF3N3O3S. The molecule has 0 radical (unpaired) electrons. The van der Waals surface area contributed by atoms with Gasteiger partial charge in [-0.1, -0.05) is 23.7 Å². The first kappa shape index (κ1) is 24.4. The normalized spacial score (nSPS) is 17.6. The second kappa shape index (κ2) is 9.50. The average Bonchev–Trinajstić information content (AvgIpc) is 3.17. The lowest BCUT2D eigenvalue weighted by atomic mass is 10.0. The number of alkyl halides is 3. The predicted molar refractivity (Wildman–Crippen MR) is 122 cm³/mol. The van der Waals surface area contributed by atoms with Crippen molar-refractivity contribution in [3.63, 3.8) is 0 Å². The van der Waals surface area contributed by atoms with E-state index in [1.54, 1.807) is 32.0 Å². The van der Waals surface area contributed by atoms with E-state index >= 15 is 0 Å². The standard InChI is InChI=1S/C23H21ClF3N3O3S/c1-12(2)33-19(31)11-18-21-28-29-22(23(25,26)27)30(21)17-8-7-14(24)10-16(17)20(34-18)13-5-4-6-15(9-13)32-3/h4-10,12,18,20H,11H2,1-3H3. The summed E-state index contributed by atoms with van der Waals surface area (Å²) in [5.74, 6) is -1.09. The minimum atomic E-state index is -4.76. The summed E-state index contributed by atoms with van der Waals surface area (Å²) in [6.45, 7) is 3.42. The van der Waals surface area contributed by atoms with E-state index in [4.69, 9.17) is 21.1 Å². The quantitative estimate of drug-likeness (QED) is 0.382. The van der Waals surface area contributed by atoms with Crippen LogP contribution in [-0.2, 0) is 15.7 Å². The molecule has 4 rings (SSSR count). The molecule has 2 aromatic carbocycles. The molecule has 3 aromatic rings. The van der Waals surface area contributed by atoms with Gasteiger partial charge in [-0.3, -0.25) is 9.36 Å². The highest BCUT2D eigenvalue weighted by Gasteiger charge is 2.43. The average molecular weight is 512 g/mol. The van der Waals surface area contributed by atoms with Crippen LogP contribution in [0.5, 0.6) is 5.75 Å². The molecule has 6 nitrogen and oxygen atoms in total. The number of fused-ring (bicyclic) bond motifs is 3. The molecule has 34 heavy (non-hydrogen) atoms. The van der Waals surface area contributed by atoms with Gasteiger partial charge in [0, 0.05) is 5.02 Å². The molecule has 2 heterocycles. The van der Waals surface area contributed by atoms with Crippen LogP contribution in [0.4, 0.5) is 13.2 Å². The Morgan fingerprint density at radius 3 is 2.65 bits per heavy atom. The number of benzene rings is 2. The number of hydrogen-bond acceptors (Lipinski definition) is 6. The second-order valence-corrected chi connectivity index (χ2v) is 9.69. The fourth-order valence-corrected chi connectivity index (χ4v) is 5.48. The van der Waals surface area contributed by atoms with Gasteiger partial charge in [-0.2, -0.15) is 13.2 Å². The maximum absolute atomic E-state index is 13.9. The minimum absolute atomic E-state index is 0.0204. The lowest BCUT2D eigenvalue weighted by Crippen LogP contribution is -2.18. The van der Waals surface area contributed by atoms with Crippen LogP contribution < -0.4 is 4.74 Å². The topological polar surface area (TPSA) is 66.2 Å². The van der Waals surface area contributed by atoms with Gasteiger partial charge in [0.25, 0.3) is 0 Å². The summed E-state index contributed by atoms with van der Waals surface area (Å²) in [5.41, 5.74) is 1.57. The molecule has 180 valence electrons. The Morgan fingerprint density at radius 1 is 1.21 bits per heavy atom. The van der Waals surface area contributed by atoms with Gasteiger partial charge in [0.15, 0.2) is 5.82 Å². The van der Waals surface area contributed by atoms with E-state index < -0.39 is 28.5 Å². The zero-order valence-corrected chi connectivity index (χ0v) is 20.0. The predicted octanol–water partition coefficient (Wildman–Crippen LogP) is 6.17. The number of methoxy groups -OCH3 is 1. The van der Waals surface area contributed by atoms with E-state index in [-0.39, 0.29) is 24.0 Å². The summed E-state index contributed by atoms with van der Waals surface area (Å²) in [6.07, 6.45) is -5.30. The maximum Gasteiger partial charge on any atom is 0.452 e. The number of hydrogen-bond donors (Lipinski definition) is 0. The molecule has 11 heteroatoms. The van der Waals surface area contributed by atoms with Crippen LogP contribution >= 0.6 is 23.4 Å². The van der Waals surface area contributed by atoms with Crippen molar-refractivity contribution in [3.05, 3.63) is 70.3 Å². The lowest BCUT2D eigenvalue weighted by molar-refractivity contribution is -0.147. The summed E-state index contributed by atoms with van der Waals surface area (Å²) in [4.78, 5) is 12.6. The first-order chi connectivity index (χ1) is 16.1. The summed E-state index contributed by atoms with van der Waals surface area (Å²) in [6, 6.07) is 11.9. The largest absolute Gasteiger partial charge is 0.497 e. The van der Waals surface area contributed by atoms with Crippen molar-refractivity contribution in [2.75, 3.05) is 7.11 Å². The maximum atomic E-state index is 13.9. The Balaban J connectivity index is 1.93. The zero-order chi connectivity index (χ0) is 24.6. The number of halogens is 4. The molecule has 1 aliphatic heterocycles. The Bertz CT molecular complexity index is 1220. The van der Waals surface area contributed by atoms with Crippen molar-refractivity contribution >= 4 is 29.3 Å². The number of carbonyl (C=O) groups is 1. The Labute approximate surface area is 203 Å². The number of carbonyl (C=O) groups excluding carboxylic acids is 1. The van der Waals surface area contributed by atoms with Crippen molar-refractivity contribution in [2.24, 2.45) is 0 Å². The van der Waals surface area contributed by atoms with E-state index in [1.165, 1.54) is 31.0 Å². The number of rotatable bonds is 5. The van der Waals surface area contributed by atoms with Crippen molar-refractivity contribution in [1.29, 1.82) is 0 Å². The first-order valence-corrected chi connectivity index (χ1v) is 11.7. The zero-order valence-electron chi connectivity index (χ0n) is 18.5. The molecule has 2 atom stereocenters. The molecule has 0 bridgehead atoms. The Morgan fingerprint density at radius 2 is 1.97 bits per heavy atom. The van der Waals surface area contributed by atoms with Crippen LogP contribution in [0.15, 0.2) is 42.5 Å². The van der Waals surface area contributed by atoms with Gasteiger partial charge >= 0.3 is 12.1 Å². The van der Waals surface area contributed by atoms with Gasteiger partial charge in [0.1, 0.15) is 5.75 Å². The fourth-order valence-electron chi connectivity index (χ4n) is 3.83. The summed E-state index contributed by atoms with van der Waals surface area (Å²) < 4.78 is 53.4. The van der Waals surface area contributed by atoms with Gasteiger partial charge in [-0.05, 0) is 55.3 Å². The SMILES string of the molecule is COc1cccc(C2SC(CC(=O)OC(C)C)c3nnc(C(F)(F)F)n3-c3ccc(Cl)cc32)c1. The molecule has 0 N–H and O–H groups in total. The molecule has 1 aliphatic rings. The number of ether oxygens (including phenoxy) is 2. The highest BCUT2D eigenvalue weighted by molar-refractivity contribution is 8.00. The Hall–Kier alpha value is -2.72. The number of thioether (sulfide) groups is 1. The van der Waals surface area contributed by atoms with Crippen molar-refractivity contribution in [3.8, 4) is 11.4 Å². The lowest BCUT2D eigenvalue weighted by Gasteiger charge is -2.21. The Kier molecular flexibility index (Phi) is 6.82. The van der Waals surface area contributed by atoms with E-state index in [0.29, 0.717) is 16.3 Å². The second-order valence-electron chi connectivity index (χ2n) is 7.94. The van der Waals surface area contributed by atoms with E-state index in [0.717, 1.165) is 10.1 Å². The highest BCUT2D eigenvalue weighted by Crippen LogP contribution is 2.52. The molecule has 0 fully saturated rings. The van der Waals surface area contributed by atoms with Crippen LogP contribution in [0.2, 0.25) is 5.02 Å². The number of nitrogens with zero attached hydrogens (tertiary/aromatic N) is 3. The highest BCUT2D eigenvalue weighted by atomic mass is 35.5. The molecular weight excluding hydrogens is 491 g/mol. The third kappa shape index (κ3) is 4.88.